The third kappa shape index (κ3) is 2.73. The molecule has 4 bridgehead atoms. The Morgan fingerprint density at radius 1 is 0.750 bits per heavy atom. The van der Waals surface area contributed by atoms with Crippen LogP contribution in [0.25, 0.3) is 0 Å². The third-order valence-electron chi connectivity index (χ3n) is 7.36. The molecule has 0 aliphatic heterocycles. The van der Waals surface area contributed by atoms with E-state index in [-0.39, 0.29) is 6.54 Å². The van der Waals surface area contributed by atoms with E-state index in [0.29, 0.717) is 48.6 Å². The maximum Gasteiger partial charge on any atom is 0.336 e. The normalized spacial score (nSPS) is 34.6. The van der Waals surface area contributed by atoms with Gasteiger partial charge in [-0.1, -0.05) is 30.4 Å². The van der Waals surface area contributed by atoms with E-state index in [1.54, 1.807) is 6.08 Å². The van der Waals surface area contributed by atoms with E-state index in [1.807, 2.05) is 0 Å². The molecule has 2 fully saturated rings. The number of aromatic nitrogens is 3. The molecule has 0 N–H and O–H groups in total. The molecule has 6 heteroatoms. The van der Waals surface area contributed by atoms with Crippen molar-refractivity contribution in [3.05, 3.63) is 68.4 Å². The molecule has 6 nitrogen and oxygen atoms in total. The monoisotopic (exact) mass is 381 g/mol. The first kappa shape index (κ1) is 17.7. The molecule has 1 aromatic rings. The predicted octanol–water partition coefficient (Wildman–Crippen LogP) is 1.78. The predicted molar refractivity (Wildman–Crippen MR) is 107 cm³/mol. The van der Waals surface area contributed by atoms with Crippen molar-refractivity contribution in [3.63, 3.8) is 0 Å². The van der Waals surface area contributed by atoms with Gasteiger partial charge >= 0.3 is 17.1 Å². The highest BCUT2D eigenvalue weighted by Gasteiger charge is 2.38. The number of nitrogens with zero attached hydrogens (tertiary/aromatic N) is 3. The van der Waals surface area contributed by atoms with E-state index < -0.39 is 17.1 Å². The maximum atomic E-state index is 13.2. The average Bonchev–Trinajstić information content (AvgIpc) is 3.47. The topological polar surface area (TPSA) is 66.0 Å². The van der Waals surface area contributed by atoms with Crippen LogP contribution in [0.3, 0.4) is 0 Å². The maximum absolute atomic E-state index is 13.2. The van der Waals surface area contributed by atoms with Crippen molar-refractivity contribution in [2.24, 2.45) is 35.5 Å². The lowest BCUT2D eigenvalue weighted by atomic mass is 9.93. The summed E-state index contributed by atoms with van der Waals surface area (Å²) in [6.07, 6.45) is 14.8. The summed E-state index contributed by atoms with van der Waals surface area (Å²) < 4.78 is 3.79. The number of fused-ring (bicyclic) bond motifs is 4. The summed E-state index contributed by atoms with van der Waals surface area (Å²) >= 11 is 0. The zero-order chi connectivity index (χ0) is 19.4. The summed E-state index contributed by atoms with van der Waals surface area (Å²) in [7, 11) is 0. The minimum atomic E-state index is -0.495. The van der Waals surface area contributed by atoms with Crippen LogP contribution >= 0.6 is 0 Å². The van der Waals surface area contributed by atoms with Crippen molar-refractivity contribution in [2.75, 3.05) is 0 Å². The standard InChI is InChI=1S/C22H27N3O3/c1-2-7-23-20(26)24(12-18-10-14-3-5-16(18)8-14)22(28)25(21(23)27)13-19-11-15-4-6-17(19)9-15/h2-6,14-19H,1,7-13H2. The molecule has 6 atom stereocenters. The second-order valence-electron chi connectivity index (χ2n) is 9.05. The van der Waals surface area contributed by atoms with Gasteiger partial charge in [-0.25, -0.2) is 28.1 Å². The molecular formula is C22H27N3O3. The van der Waals surface area contributed by atoms with Crippen LogP contribution in [0.15, 0.2) is 51.3 Å². The molecule has 0 saturated heterocycles. The fraction of sp³-hybridized carbons (Fsp3) is 0.591. The number of hydrogen-bond acceptors (Lipinski definition) is 3. The molecular weight excluding hydrogens is 354 g/mol. The quantitative estimate of drug-likeness (QED) is 0.706. The molecule has 0 amide bonds. The van der Waals surface area contributed by atoms with Gasteiger partial charge in [-0.2, -0.15) is 0 Å². The van der Waals surface area contributed by atoms with Crippen LogP contribution in [0.5, 0.6) is 0 Å². The summed E-state index contributed by atoms with van der Waals surface area (Å²) in [6.45, 7) is 4.61. The van der Waals surface area contributed by atoms with Crippen LogP contribution in [0.1, 0.15) is 25.7 Å². The van der Waals surface area contributed by atoms with Gasteiger partial charge in [0.05, 0.1) is 6.54 Å². The third-order valence-corrected chi connectivity index (χ3v) is 7.36. The second kappa shape index (κ2) is 6.61. The minimum Gasteiger partial charge on any atom is -0.247 e. The average molecular weight is 381 g/mol. The Balaban J connectivity index is 1.53. The molecule has 4 aliphatic carbocycles. The van der Waals surface area contributed by atoms with Crippen LogP contribution < -0.4 is 17.1 Å². The van der Waals surface area contributed by atoms with Gasteiger partial charge < -0.3 is 0 Å². The first-order valence-corrected chi connectivity index (χ1v) is 10.5. The summed E-state index contributed by atoms with van der Waals surface area (Å²) in [6, 6.07) is 0. The van der Waals surface area contributed by atoms with Crippen molar-refractivity contribution in [3.8, 4) is 0 Å². The first-order chi connectivity index (χ1) is 13.5. The lowest BCUT2D eigenvalue weighted by molar-refractivity contribution is 0.317. The Bertz CT molecular complexity index is 966. The van der Waals surface area contributed by atoms with Crippen molar-refractivity contribution in [1.82, 2.24) is 13.7 Å². The zero-order valence-electron chi connectivity index (χ0n) is 16.1. The van der Waals surface area contributed by atoms with E-state index in [9.17, 15) is 14.4 Å². The van der Waals surface area contributed by atoms with Crippen LogP contribution in [-0.2, 0) is 19.6 Å². The van der Waals surface area contributed by atoms with Gasteiger partial charge in [-0.3, -0.25) is 0 Å². The Hall–Kier alpha value is -2.37. The molecule has 1 aromatic heterocycles. The van der Waals surface area contributed by atoms with E-state index in [4.69, 9.17) is 0 Å². The molecule has 1 heterocycles. The highest BCUT2D eigenvalue weighted by atomic mass is 16.2. The minimum absolute atomic E-state index is 0.130. The zero-order valence-corrected chi connectivity index (χ0v) is 16.1. The van der Waals surface area contributed by atoms with Crippen LogP contribution in [0, 0.1) is 35.5 Å². The number of hydrogen-bond donors (Lipinski definition) is 0. The van der Waals surface area contributed by atoms with Gasteiger partial charge in [0.15, 0.2) is 0 Å². The largest absolute Gasteiger partial charge is 0.336 e. The fourth-order valence-corrected chi connectivity index (χ4v) is 5.96. The summed E-state index contributed by atoms with van der Waals surface area (Å²) in [5, 5.41) is 0. The second-order valence-corrected chi connectivity index (χ2v) is 9.05. The lowest BCUT2D eigenvalue weighted by Crippen LogP contribution is -2.55. The summed E-state index contributed by atoms with van der Waals surface area (Å²) in [5.41, 5.74) is -1.43. The van der Waals surface area contributed by atoms with Gasteiger partial charge in [-0.15, -0.1) is 6.58 Å². The smallest absolute Gasteiger partial charge is 0.247 e. The molecule has 4 aliphatic rings. The van der Waals surface area contributed by atoms with Crippen molar-refractivity contribution in [2.45, 2.75) is 45.3 Å². The van der Waals surface area contributed by atoms with Crippen molar-refractivity contribution >= 4 is 0 Å². The molecule has 2 saturated carbocycles. The van der Waals surface area contributed by atoms with E-state index in [2.05, 4.69) is 30.9 Å². The number of allylic oxidation sites excluding steroid dienone is 5. The molecule has 6 unspecified atom stereocenters. The molecule has 0 radical (unpaired) electrons. The van der Waals surface area contributed by atoms with Crippen LogP contribution in [0.2, 0.25) is 0 Å². The lowest BCUT2D eigenvalue weighted by Gasteiger charge is -2.22. The van der Waals surface area contributed by atoms with Crippen LogP contribution in [-0.4, -0.2) is 13.7 Å². The molecule has 5 rings (SSSR count). The Kier molecular flexibility index (Phi) is 4.18. The Morgan fingerprint density at radius 2 is 1.21 bits per heavy atom. The van der Waals surface area contributed by atoms with Gasteiger partial charge in [0.2, 0.25) is 0 Å². The van der Waals surface area contributed by atoms with Gasteiger partial charge in [0, 0.05) is 13.1 Å². The van der Waals surface area contributed by atoms with Crippen molar-refractivity contribution in [1.29, 1.82) is 0 Å². The van der Waals surface area contributed by atoms with Gasteiger partial charge in [-0.05, 0) is 61.2 Å². The fourth-order valence-electron chi connectivity index (χ4n) is 5.96. The highest BCUT2D eigenvalue weighted by molar-refractivity contribution is 5.11. The first-order valence-electron chi connectivity index (χ1n) is 10.5. The van der Waals surface area contributed by atoms with Gasteiger partial charge in [0.25, 0.3) is 0 Å². The SMILES string of the molecule is C=CCn1c(=O)n(CC2CC3C=CC2C3)c(=O)n(CC2CC3C=CC2C3)c1=O. The van der Waals surface area contributed by atoms with E-state index in [1.165, 1.54) is 13.7 Å². The summed E-state index contributed by atoms with van der Waals surface area (Å²) in [4.78, 5) is 39.1. The molecule has 28 heavy (non-hydrogen) atoms. The molecule has 0 spiro atoms. The Labute approximate surface area is 163 Å². The Morgan fingerprint density at radius 3 is 1.57 bits per heavy atom. The number of rotatable bonds is 6. The summed E-state index contributed by atoms with van der Waals surface area (Å²) in [5.74, 6) is 2.64. The molecule has 0 aromatic carbocycles. The van der Waals surface area contributed by atoms with Crippen LogP contribution in [0.4, 0.5) is 0 Å². The highest BCUT2D eigenvalue weighted by Crippen LogP contribution is 2.44. The van der Waals surface area contributed by atoms with Gasteiger partial charge in [0.1, 0.15) is 0 Å². The molecule has 148 valence electrons. The van der Waals surface area contributed by atoms with E-state index >= 15 is 0 Å². The van der Waals surface area contributed by atoms with E-state index in [0.717, 1.165) is 25.7 Å². The van der Waals surface area contributed by atoms with Crippen molar-refractivity contribution < 1.29 is 0 Å².